The van der Waals surface area contributed by atoms with E-state index in [0.717, 1.165) is 5.56 Å². The van der Waals surface area contributed by atoms with Crippen molar-refractivity contribution in [1.29, 1.82) is 0 Å². The van der Waals surface area contributed by atoms with Gasteiger partial charge in [-0.25, -0.2) is 4.79 Å². The summed E-state index contributed by atoms with van der Waals surface area (Å²) >= 11 is 0. The number of carbonyl (C=O) groups excluding carboxylic acids is 1. The zero-order valence-corrected chi connectivity index (χ0v) is 13.0. The van der Waals surface area contributed by atoms with E-state index in [1.54, 1.807) is 40.3 Å². The monoisotopic (exact) mass is 305 g/mol. The van der Waals surface area contributed by atoms with Gasteiger partial charge in [0.15, 0.2) is 17.3 Å². The van der Waals surface area contributed by atoms with Gasteiger partial charge >= 0.3 is 6.03 Å². The van der Waals surface area contributed by atoms with E-state index in [0.29, 0.717) is 29.6 Å². The molecule has 7 nitrogen and oxygen atoms in total. The van der Waals surface area contributed by atoms with E-state index < -0.39 is 0 Å². The van der Waals surface area contributed by atoms with Gasteiger partial charge in [0.05, 0.1) is 20.8 Å². The van der Waals surface area contributed by atoms with Crippen LogP contribution < -0.4 is 14.8 Å². The smallest absolute Gasteiger partial charge is 0.323 e. The van der Waals surface area contributed by atoms with Crippen molar-refractivity contribution in [3.05, 3.63) is 35.6 Å². The van der Waals surface area contributed by atoms with Crippen molar-refractivity contribution >= 4 is 11.8 Å². The van der Waals surface area contributed by atoms with Crippen LogP contribution in [-0.4, -0.2) is 37.4 Å². The minimum Gasteiger partial charge on any atom is -0.493 e. The molecule has 0 fully saturated rings. The molecule has 1 heterocycles. The van der Waals surface area contributed by atoms with Crippen molar-refractivity contribution in [2.24, 2.45) is 0 Å². The highest BCUT2D eigenvalue weighted by Crippen LogP contribution is 2.31. The van der Waals surface area contributed by atoms with E-state index in [1.165, 1.54) is 4.90 Å². The largest absolute Gasteiger partial charge is 0.493 e. The van der Waals surface area contributed by atoms with E-state index in [1.807, 2.05) is 12.1 Å². The van der Waals surface area contributed by atoms with Gasteiger partial charge in [0.1, 0.15) is 5.76 Å². The molecule has 1 aromatic heterocycles. The van der Waals surface area contributed by atoms with Gasteiger partial charge in [0, 0.05) is 18.7 Å². The number of hydrogen-bond donors (Lipinski definition) is 1. The summed E-state index contributed by atoms with van der Waals surface area (Å²) in [7, 11) is 4.83. The number of anilines is 1. The third kappa shape index (κ3) is 3.49. The van der Waals surface area contributed by atoms with Gasteiger partial charge in [0.25, 0.3) is 0 Å². The Bertz CT molecular complexity index is 654. The molecule has 0 atom stereocenters. The number of nitrogens with zero attached hydrogens (tertiary/aromatic N) is 2. The highest BCUT2D eigenvalue weighted by Gasteiger charge is 2.15. The van der Waals surface area contributed by atoms with Gasteiger partial charge in [0.2, 0.25) is 0 Å². The number of nitrogens with one attached hydrogen (secondary N) is 1. The summed E-state index contributed by atoms with van der Waals surface area (Å²) in [5.74, 6) is 2.25. The average molecular weight is 305 g/mol. The predicted octanol–water partition coefficient (Wildman–Crippen LogP) is 2.66. The normalized spacial score (nSPS) is 10.2. The summed E-state index contributed by atoms with van der Waals surface area (Å²) in [6.07, 6.45) is 0. The molecule has 0 unspecified atom stereocenters. The quantitative estimate of drug-likeness (QED) is 0.919. The van der Waals surface area contributed by atoms with Crippen LogP contribution in [0, 0.1) is 6.92 Å². The third-order valence-corrected chi connectivity index (χ3v) is 3.10. The van der Waals surface area contributed by atoms with E-state index in [-0.39, 0.29) is 6.03 Å². The lowest BCUT2D eigenvalue weighted by Crippen LogP contribution is -2.31. The lowest BCUT2D eigenvalue weighted by atomic mass is 10.1. The molecule has 0 radical (unpaired) electrons. The van der Waals surface area contributed by atoms with Gasteiger partial charge in [-0.05, 0) is 13.0 Å². The van der Waals surface area contributed by atoms with Crippen molar-refractivity contribution < 1.29 is 18.8 Å². The number of para-hydroxylation sites is 1. The first-order valence-corrected chi connectivity index (χ1v) is 6.70. The van der Waals surface area contributed by atoms with Gasteiger partial charge in [-0.15, -0.1) is 0 Å². The summed E-state index contributed by atoms with van der Waals surface area (Å²) in [5.41, 5.74) is 0.843. The van der Waals surface area contributed by atoms with Crippen LogP contribution in [0.4, 0.5) is 10.6 Å². The Kier molecular flexibility index (Phi) is 4.88. The van der Waals surface area contributed by atoms with E-state index in [2.05, 4.69) is 10.5 Å². The Balaban J connectivity index is 2.08. The molecule has 118 valence electrons. The SMILES string of the molecule is COc1cccc(CN(C)C(=O)Nc2cc(C)on2)c1OC. The van der Waals surface area contributed by atoms with Crippen LogP contribution in [0.3, 0.4) is 0 Å². The van der Waals surface area contributed by atoms with Crippen molar-refractivity contribution in [3.8, 4) is 11.5 Å². The van der Waals surface area contributed by atoms with Crippen LogP contribution in [0.25, 0.3) is 0 Å². The van der Waals surface area contributed by atoms with E-state index in [4.69, 9.17) is 14.0 Å². The number of hydrogen-bond acceptors (Lipinski definition) is 5. The van der Waals surface area contributed by atoms with Crippen LogP contribution in [0.5, 0.6) is 11.5 Å². The third-order valence-electron chi connectivity index (χ3n) is 3.10. The van der Waals surface area contributed by atoms with Crippen LogP contribution in [0.2, 0.25) is 0 Å². The minimum atomic E-state index is -0.293. The van der Waals surface area contributed by atoms with Crippen molar-refractivity contribution in [2.75, 3.05) is 26.6 Å². The van der Waals surface area contributed by atoms with Crippen LogP contribution in [0.1, 0.15) is 11.3 Å². The van der Waals surface area contributed by atoms with Crippen molar-refractivity contribution in [1.82, 2.24) is 10.1 Å². The highest BCUT2D eigenvalue weighted by molar-refractivity contribution is 5.88. The number of amides is 2. The molecule has 2 rings (SSSR count). The maximum Gasteiger partial charge on any atom is 0.323 e. The number of ether oxygens (including phenoxy) is 2. The van der Waals surface area contributed by atoms with E-state index >= 15 is 0 Å². The summed E-state index contributed by atoms with van der Waals surface area (Å²) in [6, 6.07) is 6.89. The summed E-state index contributed by atoms with van der Waals surface area (Å²) < 4.78 is 15.5. The van der Waals surface area contributed by atoms with Crippen LogP contribution in [-0.2, 0) is 6.54 Å². The molecule has 0 saturated carbocycles. The molecule has 22 heavy (non-hydrogen) atoms. The predicted molar refractivity (Wildman–Crippen MR) is 81.3 cm³/mol. The standard InChI is InChI=1S/C15H19N3O4/c1-10-8-13(17-22-10)16-15(19)18(2)9-11-6-5-7-12(20-3)14(11)21-4/h5-8H,9H2,1-4H3,(H,16,17,19). The Morgan fingerprint density at radius 3 is 2.73 bits per heavy atom. The first-order valence-electron chi connectivity index (χ1n) is 6.70. The molecule has 1 aromatic carbocycles. The molecular weight excluding hydrogens is 286 g/mol. The van der Waals surface area contributed by atoms with Gasteiger partial charge < -0.3 is 18.9 Å². The minimum absolute atomic E-state index is 0.293. The number of rotatable bonds is 5. The molecule has 2 aromatic rings. The molecular formula is C15H19N3O4. The van der Waals surface area contributed by atoms with Crippen LogP contribution in [0.15, 0.2) is 28.8 Å². The van der Waals surface area contributed by atoms with Gasteiger partial charge in [-0.1, -0.05) is 17.3 Å². The number of methoxy groups -OCH3 is 2. The maximum atomic E-state index is 12.1. The maximum absolute atomic E-state index is 12.1. The number of benzene rings is 1. The molecule has 0 saturated heterocycles. The second kappa shape index (κ2) is 6.84. The highest BCUT2D eigenvalue weighted by atomic mass is 16.5. The fourth-order valence-electron chi connectivity index (χ4n) is 2.04. The fraction of sp³-hybridized carbons (Fsp3) is 0.333. The molecule has 0 aliphatic heterocycles. The van der Waals surface area contributed by atoms with Gasteiger partial charge in [-0.3, -0.25) is 5.32 Å². The Morgan fingerprint density at radius 2 is 2.14 bits per heavy atom. The Hall–Kier alpha value is -2.70. The topological polar surface area (TPSA) is 76.8 Å². The van der Waals surface area contributed by atoms with Crippen molar-refractivity contribution in [2.45, 2.75) is 13.5 Å². The number of aromatic nitrogens is 1. The zero-order chi connectivity index (χ0) is 16.1. The first-order chi connectivity index (χ1) is 10.5. The molecule has 0 aliphatic rings. The average Bonchev–Trinajstić information content (AvgIpc) is 2.91. The first kappa shape index (κ1) is 15.7. The molecule has 7 heteroatoms. The number of aryl methyl sites for hydroxylation is 1. The second-order valence-corrected chi connectivity index (χ2v) is 4.76. The second-order valence-electron chi connectivity index (χ2n) is 4.76. The zero-order valence-electron chi connectivity index (χ0n) is 13.0. The molecule has 0 bridgehead atoms. The molecule has 2 amide bonds. The fourth-order valence-corrected chi connectivity index (χ4v) is 2.04. The van der Waals surface area contributed by atoms with Crippen molar-refractivity contribution in [3.63, 3.8) is 0 Å². The lowest BCUT2D eigenvalue weighted by molar-refractivity contribution is 0.219. The lowest BCUT2D eigenvalue weighted by Gasteiger charge is -2.19. The summed E-state index contributed by atoms with van der Waals surface area (Å²) in [6.45, 7) is 2.12. The van der Waals surface area contributed by atoms with Crippen LogP contribution >= 0.6 is 0 Å². The number of carbonyl (C=O) groups is 1. The summed E-state index contributed by atoms with van der Waals surface area (Å²) in [4.78, 5) is 13.7. The number of urea groups is 1. The van der Waals surface area contributed by atoms with E-state index in [9.17, 15) is 4.79 Å². The molecule has 0 spiro atoms. The Labute approximate surface area is 128 Å². The molecule has 1 N–H and O–H groups in total. The summed E-state index contributed by atoms with van der Waals surface area (Å²) in [5, 5.41) is 6.39. The Morgan fingerprint density at radius 1 is 1.36 bits per heavy atom. The van der Waals surface area contributed by atoms with Gasteiger partial charge in [-0.2, -0.15) is 0 Å². The molecule has 0 aliphatic carbocycles.